The molecule has 0 saturated carbocycles. The molecule has 0 aliphatic carbocycles. The fourth-order valence-electron chi connectivity index (χ4n) is 1.90. The summed E-state index contributed by atoms with van der Waals surface area (Å²) in [6.45, 7) is 4.64. The van der Waals surface area contributed by atoms with Crippen molar-refractivity contribution >= 4 is 40.5 Å². The van der Waals surface area contributed by atoms with Gasteiger partial charge in [0.25, 0.3) is 5.91 Å². The topological polar surface area (TPSA) is 50.4 Å². The molecule has 0 radical (unpaired) electrons. The molecule has 6 heteroatoms. The Balaban J connectivity index is 2.01. The number of anilines is 1. The standard InChI is InChI=1S/C18H19ClN2O2S/c1-12(2)11-23-16-6-4-3-5-15(16)17(22)21-18(24)20-14-9-7-13(19)8-10-14/h3-10,12H,11H2,1-2H3,(H2,20,21,22,24). The lowest BCUT2D eigenvalue weighted by molar-refractivity contribution is 0.0973. The minimum atomic E-state index is -0.319. The molecule has 0 saturated heterocycles. The van der Waals surface area contributed by atoms with E-state index in [4.69, 9.17) is 28.6 Å². The number of hydrogen-bond donors (Lipinski definition) is 2. The number of para-hydroxylation sites is 1. The maximum Gasteiger partial charge on any atom is 0.261 e. The molecule has 0 aliphatic heterocycles. The molecule has 4 nitrogen and oxygen atoms in total. The second kappa shape index (κ2) is 8.66. The number of thiocarbonyl (C=S) groups is 1. The van der Waals surface area contributed by atoms with Crippen LogP contribution in [0.15, 0.2) is 48.5 Å². The summed E-state index contributed by atoms with van der Waals surface area (Å²) in [5, 5.41) is 6.44. The zero-order valence-electron chi connectivity index (χ0n) is 13.5. The molecule has 0 spiro atoms. The lowest BCUT2D eigenvalue weighted by atomic mass is 10.2. The van der Waals surface area contributed by atoms with Crippen LogP contribution in [-0.2, 0) is 0 Å². The Morgan fingerprint density at radius 1 is 1.17 bits per heavy atom. The van der Waals surface area contributed by atoms with Crippen LogP contribution < -0.4 is 15.4 Å². The number of amides is 1. The number of carbonyl (C=O) groups excluding carboxylic acids is 1. The normalized spacial score (nSPS) is 10.3. The van der Waals surface area contributed by atoms with E-state index in [0.717, 1.165) is 5.69 Å². The van der Waals surface area contributed by atoms with Crippen molar-refractivity contribution in [1.82, 2.24) is 5.32 Å². The minimum absolute atomic E-state index is 0.209. The average Bonchev–Trinajstić information content (AvgIpc) is 2.55. The van der Waals surface area contributed by atoms with Gasteiger partial charge in [-0.15, -0.1) is 0 Å². The first-order chi connectivity index (χ1) is 11.5. The van der Waals surface area contributed by atoms with Crippen molar-refractivity contribution in [3.8, 4) is 5.75 Å². The summed E-state index contributed by atoms with van der Waals surface area (Å²) in [5.74, 6) is 0.590. The van der Waals surface area contributed by atoms with Crippen LogP contribution in [0.25, 0.3) is 0 Å². The van der Waals surface area contributed by atoms with E-state index < -0.39 is 0 Å². The lowest BCUT2D eigenvalue weighted by Crippen LogP contribution is -2.34. The summed E-state index contributed by atoms with van der Waals surface area (Å²) in [4.78, 5) is 12.4. The molecule has 0 aromatic heterocycles. The van der Waals surface area contributed by atoms with Crippen molar-refractivity contribution in [3.63, 3.8) is 0 Å². The SMILES string of the molecule is CC(C)COc1ccccc1C(=O)NC(=S)Nc1ccc(Cl)cc1. The summed E-state index contributed by atoms with van der Waals surface area (Å²) in [6.07, 6.45) is 0. The smallest absolute Gasteiger partial charge is 0.261 e. The fraction of sp³-hybridized carbons (Fsp3) is 0.222. The molecule has 0 heterocycles. The van der Waals surface area contributed by atoms with Gasteiger partial charge in [-0.25, -0.2) is 0 Å². The Morgan fingerprint density at radius 2 is 1.83 bits per heavy atom. The maximum atomic E-state index is 12.4. The van der Waals surface area contributed by atoms with Crippen LogP contribution in [-0.4, -0.2) is 17.6 Å². The van der Waals surface area contributed by atoms with Gasteiger partial charge in [0, 0.05) is 10.7 Å². The summed E-state index contributed by atoms with van der Waals surface area (Å²) < 4.78 is 5.69. The van der Waals surface area contributed by atoms with Gasteiger partial charge >= 0.3 is 0 Å². The van der Waals surface area contributed by atoms with Crippen molar-refractivity contribution < 1.29 is 9.53 Å². The molecule has 2 aromatic carbocycles. The third kappa shape index (κ3) is 5.51. The molecule has 2 aromatic rings. The molecular weight excluding hydrogens is 344 g/mol. The molecule has 0 aliphatic rings. The molecule has 0 fully saturated rings. The molecule has 1 amide bonds. The third-order valence-electron chi connectivity index (χ3n) is 3.03. The first-order valence-corrected chi connectivity index (χ1v) is 8.34. The Bertz CT molecular complexity index is 717. The summed E-state index contributed by atoms with van der Waals surface area (Å²) in [5.41, 5.74) is 1.19. The van der Waals surface area contributed by atoms with Crippen LogP contribution in [0.4, 0.5) is 5.69 Å². The Hall–Kier alpha value is -2.11. The Morgan fingerprint density at radius 3 is 2.50 bits per heavy atom. The minimum Gasteiger partial charge on any atom is -0.492 e. The molecule has 0 unspecified atom stereocenters. The lowest BCUT2D eigenvalue weighted by Gasteiger charge is -2.14. The van der Waals surface area contributed by atoms with E-state index in [0.29, 0.717) is 28.9 Å². The van der Waals surface area contributed by atoms with Gasteiger partial charge in [0.1, 0.15) is 5.75 Å². The van der Waals surface area contributed by atoms with E-state index in [9.17, 15) is 4.79 Å². The number of benzene rings is 2. The van der Waals surface area contributed by atoms with Gasteiger partial charge in [0.2, 0.25) is 0 Å². The molecule has 0 bridgehead atoms. The molecule has 24 heavy (non-hydrogen) atoms. The van der Waals surface area contributed by atoms with Crippen molar-refractivity contribution in [2.45, 2.75) is 13.8 Å². The number of nitrogens with one attached hydrogen (secondary N) is 2. The summed E-state index contributed by atoms with van der Waals surface area (Å²) in [7, 11) is 0. The van der Waals surface area contributed by atoms with Gasteiger partial charge in [-0.2, -0.15) is 0 Å². The zero-order valence-corrected chi connectivity index (χ0v) is 15.1. The van der Waals surface area contributed by atoms with Crippen LogP contribution >= 0.6 is 23.8 Å². The van der Waals surface area contributed by atoms with Crippen molar-refractivity contribution in [2.75, 3.05) is 11.9 Å². The van der Waals surface area contributed by atoms with Crippen LogP contribution in [0.5, 0.6) is 5.75 Å². The molecule has 2 N–H and O–H groups in total. The van der Waals surface area contributed by atoms with Gasteiger partial charge in [0.05, 0.1) is 12.2 Å². The van der Waals surface area contributed by atoms with Gasteiger partial charge in [0.15, 0.2) is 5.11 Å². The van der Waals surface area contributed by atoms with Gasteiger partial charge in [-0.05, 0) is 54.5 Å². The first kappa shape index (κ1) is 18.2. The van der Waals surface area contributed by atoms with Crippen LogP contribution in [0.1, 0.15) is 24.2 Å². The largest absolute Gasteiger partial charge is 0.492 e. The van der Waals surface area contributed by atoms with Gasteiger partial charge < -0.3 is 10.1 Å². The van der Waals surface area contributed by atoms with Crippen molar-refractivity contribution in [3.05, 3.63) is 59.1 Å². The second-order valence-electron chi connectivity index (χ2n) is 5.62. The number of ether oxygens (including phenoxy) is 1. The van der Waals surface area contributed by atoms with Gasteiger partial charge in [-0.3, -0.25) is 10.1 Å². The second-order valence-corrected chi connectivity index (χ2v) is 6.46. The van der Waals surface area contributed by atoms with Crippen molar-refractivity contribution in [1.29, 1.82) is 0 Å². The molecule has 2 rings (SSSR count). The number of halogens is 1. The highest BCUT2D eigenvalue weighted by atomic mass is 35.5. The Labute approximate surface area is 152 Å². The van der Waals surface area contributed by atoms with E-state index in [2.05, 4.69) is 10.6 Å². The average molecular weight is 363 g/mol. The van der Waals surface area contributed by atoms with Crippen molar-refractivity contribution in [2.24, 2.45) is 5.92 Å². The molecule has 126 valence electrons. The predicted molar refractivity (Wildman–Crippen MR) is 102 cm³/mol. The quantitative estimate of drug-likeness (QED) is 0.769. The highest BCUT2D eigenvalue weighted by Crippen LogP contribution is 2.19. The summed E-state index contributed by atoms with van der Waals surface area (Å²) in [6, 6.07) is 14.1. The predicted octanol–water partition coefficient (Wildman–Crippen LogP) is 4.50. The third-order valence-corrected chi connectivity index (χ3v) is 3.49. The zero-order chi connectivity index (χ0) is 17.5. The number of rotatable bonds is 5. The number of carbonyl (C=O) groups is 1. The van der Waals surface area contributed by atoms with E-state index in [-0.39, 0.29) is 11.0 Å². The summed E-state index contributed by atoms with van der Waals surface area (Å²) >= 11 is 11.0. The first-order valence-electron chi connectivity index (χ1n) is 7.55. The van der Waals surface area contributed by atoms with Crippen LogP contribution in [0.2, 0.25) is 5.02 Å². The number of hydrogen-bond acceptors (Lipinski definition) is 3. The molecular formula is C18H19ClN2O2S. The van der Waals surface area contributed by atoms with E-state index >= 15 is 0 Å². The van der Waals surface area contributed by atoms with Crippen LogP contribution in [0.3, 0.4) is 0 Å². The molecule has 0 atom stereocenters. The monoisotopic (exact) mass is 362 g/mol. The van der Waals surface area contributed by atoms with E-state index in [1.165, 1.54) is 0 Å². The van der Waals surface area contributed by atoms with E-state index in [1.807, 2.05) is 19.9 Å². The maximum absolute atomic E-state index is 12.4. The van der Waals surface area contributed by atoms with Crippen LogP contribution in [0, 0.1) is 5.92 Å². The highest BCUT2D eigenvalue weighted by Gasteiger charge is 2.14. The van der Waals surface area contributed by atoms with E-state index in [1.54, 1.807) is 42.5 Å². The highest BCUT2D eigenvalue weighted by molar-refractivity contribution is 7.80. The fourth-order valence-corrected chi connectivity index (χ4v) is 2.24. The van der Waals surface area contributed by atoms with Gasteiger partial charge in [-0.1, -0.05) is 37.6 Å². The Kier molecular flexibility index (Phi) is 6.58.